The molecule has 7 rings (SSSR count). The van der Waals surface area contributed by atoms with Gasteiger partial charge in [-0.2, -0.15) is 0 Å². The Hall–Kier alpha value is -4.87. The average Bonchev–Trinajstić information content (AvgIpc) is 3.54. The van der Waals surface area contributed by atoms with Gasteiger partial charge in [-0.25, -0.2) is 4.90 Å². The van der Waals surface area contributed by atoms with Gasteiger partial charge in [0, 0.05) is 16.5 Å². The number of ether oxygens (including phenoxy) is 2. The smallest absolute Gasteiger partial charge is 0.305 e. The van der Waals surface area contributed by atoms with Crippen molar-refractivity contribution in [3.8, 4) is 11.5 Å². The van der Waals surface area contributed by atoms with Gasteiger partial charge in [-0.15, -0.1) is 0 Å². The van der Waals surface area contributed by atoms with Crippen molar-refractivity contribution in [3.63, 3.8) is 0 Å². The van der Waals surface area contributed by atoms with E-state index in [-0.39, 0.29) is 29.2 Å². The summed E-state index contributed by atoms with van der Waals surface area (Å²) >= 11 is 2.26. The number of aromatic amines is 1. The first-order valence-corrected chi connectivity index (χ1v) is 15.5. The van der Waals surface area contributed by atoms with Gasteiger partial charge in [-0.1, -0.05) is 65.6 Å². The van der Waals surface area contributed by atoms with Crippen LogP contribution in [0.3, 0.4) is 0 Å². The third-order valence-corrected chi connectivity index (χ3v) is 10.2. The Morgan fingerprint density at radius 1 is 0.886 bits per heavy atom. The number of thioether (sulfide) groups is 1. The maximum Gasteiger partial charge on any atom is 0.305 e. The van der Waals surface area contributed by atoms with Crippen molar-refractivity contribution in [1.82, 2.24) is 4.98 Å². The van der Waals surface area contributed by atoms with Crippen LogP contribution in [-0.2, 0) is 14.4 Å². The van der Waals surface area contributed by atoms with Crippen molar-refractivity contribution >= 4 is 63.0 Å². The number of carbonyl (C=O) groups is 3. The summed E-state index contributed by atoms with van der Waals surface area (Å²) in [7, 11) is 1.55. The first-order valence-electron chi connectivity index (χ1n) is 13.8. The lowest BCUT2D eigenvalue weighted by atomic mass is 9.83. The Labute approximate surface area is 259 Å². The van der Waals surface area contributed by atoms with E-state index in [4.69, 9.17) is 9.47 Å². The number of thiazole rings is 1. The van der Waals surface area contributed by atoms with E-state index in [0.29, 0.717) is 38.3 Å². The molecule has 9 nitrogen and oxygen atoms in total. The predicted molar refractivity (Wildman–Crippen MR) is 170 cm³/mol. The summed E-state index contributed by atoms with van der Waals surface area (Å²) in [4.78, 5) is 57.3. The fraction of sp³-hybridized carbons (Fsp3) is 0.152. The van der Waals surface area contributed by atoms with Crippen molar-refractivity contribution in [3.05, 3.63) is 111 Å². The minimum atomic E-state index is -0.736. The van der Waals surface area contributed by atoms with E-state index in [1.165, 1.54) is 16.7 Å². The first-order chi connectivity index (χ1) is 21.4. The summed E-state index contributed by atoms with van der Waals surface area (Å²) in [5.74, 6) is -1.25. The number of nitrogens with zero attached hydrogens (tertiary/aromatic N) is 1. The molecule has 1 fully saturated rings. The molecule has 5 aromatic rings. The summed E-state index contributed by atoms with van der Waals surface area (Å²) < 4.78 is 11.1. The Morgan fingerprint density at radius 2 is 1.68 bits per heavy atom. The molecule has 0 spiro atoms. The van der Waals surface area contributed by atoms with Gasteiger partial charge < -0.3 is 19.8 Å². The quantitative estimate of drug-likeness (QED) is 0.233. The fourth-order valence-electron chi connectivity index (χ4n) is 5.77. The monoisotopic (exact) mass is 623 g/mol. The molecule has 0 aliphatic carbocycles. The number of anilines is 2. The average molecular weight is 624 g/mol. The van der Waals surface area contributed by atoms with Gasteiger partial charge in [-0.3, -0.25) is 19.2 Å². The summed E-state index contributed by atoms with van der Waals surface area (Å²) in [5, 5.41) is 4.83. The minimum Gasteiger partial charge on any atom is -0.497 e. The van der Waals surface area contributed by atoms with Crippen LogP contribution in [0.5, 0.6) is 11.5 Å². The van der Waals surface area contributed by atoms with Crippen molar-refractivity contribution in [2.24, 2.45) is 5.92 Å². The molecule has 0 bridgehead atoms. The highest BCUT2D eigenvalue weighted by Gasteiger charge is 2.56. The van der Waals surface area contributed by atoms with E-state index in [1.54, 1.807) is 49.6 Å². The normalized spacial score (nSPS) is 19.0. The van der Waals surface area contributed by atoms with Gasteiger partial charge in [0.25, 0.3) is 5.91 Å². The van der Waals surface area contributed by atoms with Crippen LogP contribution in [0.15, 0.2) is 101 Å². The summed E-state index contributed by atoms with van der Waals surface area (Å²) in [6.45, 7) is -0.228. The second kappa shape index (κ2) is 11.3. The van der Waals surface area contributed by atoms with Crippen LogP contribution in [-0.4, -0.2) is 41.7 Å². The van der Waals surface area contributed by atoms with Gasteiger partial charge in [0.05, 0.1) is 23.7 Å². The third-order valence-electron chi connectivity index (χ3n) is 7.77. The lowest BCUT2D eigenvalue weighted by molar-refractivity contribution is -0.122. The fourth-order valence-corrected chi connectivity index (χ4v) is 8.29. The number of nitrogens with one attached hydrogen (secondary N) is 2. The van der Waals surface area contributed by atoms with E-state index in [1.807, 2.05) is 48.5 Å². The molecule has 1 saturated heterocycles. The molecule has 220 valence electrons. The van der Waals surface area contributed by atoms with Gasteiger partial charge in [0.15, 0.2) is 6.61 Å². The number of amides is 3. The number of H-pyrrole nitrogens is 1. The lowest BCUT2D eigenvalue weighted by Gasteiger charge is -2.30. The molecule has 0 saturated carbocycles. The Morgan fingerprint density at radius 3 is 2.48 bits per heavy atom. The molecule has 0 radical (unpaired) electrons. The maximum absolute atomic E-state index is 14.0. The number of hydrogen-bond acceptors (Lipinski definition) is 8. The zero-order chi connectivity index (χ0) is 30.4. The second-order valence-corrected chi connectivity index (χ2v) is 12.6. The SMILES string of the molecule is COc1ccc(N2C(=O)[C@H]3[C@H](c4cccc(OCC(=O)Nc5ccc6ccccc6c5)c4)c4sc(=O)[nH]c4S[C@H]3C2=O)cc1. The standard InChI is InChI=1S/C33H25N3O6S2/c1-41-23-13-11-22(12-14-23)36-31(38)27-26(28-30(35-33(40)44-28)43-29(27)32(36)39)20-7-4-8-24(16-20)42-17-25(37)34-21-10-9-18-5-2-3-6-19(18)15-21/h2-16,26-27,29H,17H2,1H3,(H,34,37)(H,35,40)/t26-,27-,29+/m0/s1. The van der Waals surface area contributed by atoms with Crippen LogP contribution >= 0.6 is 23.1 Å². The van der Waals surface area contributed by atoms with E-state index >= 15 is 0 Å². The molecular formula is C33H25N3O6S2. The summed E-state index contributed by atoms with van der Waals surface area (Å²) in [5.41, 5.74) is 1.83. The predicted octanol–water partition coefficient (Wildman–Crippen LogP) is 5.41. The molecule has 3 amide bonds. The highest BCUT2D eigenvalue weighted by molar-refractivity contribution is 8.00. The number of rotatable bonds is 7. The number of imide groups is 1. The number of carbonyl (C=O) groups excluding carboxylic acids is 3. The Kier molecular flexibility index (Phi) is 7.19. The zero-order valence-electron chi connectivity index (χ0n) is 23.3. The van der Waals surface area contributed by atoms with Crippen molar-refractivity contribution < 1.29 is 23.9 Å². The van der Waals surface area contributed by atoms with Crippen molar-refractivity contribution in [2.75, 3.05) is 23.9 Å². The molecule has 3 atom stereocenters. The second-order valence-electron chi connectivity index (χ2n) is 10.4. The van der Waals surface area contributed by atoms with Gasteiger partial charge >= 0.3 is 4.87 Å². The largest absolute Gasteiger partial charge is 0.497 e. The molecule has 2 aliphatic rings. The maximum atomic E-state index is 14.0. The lowest BCUT2D eigenvalue weighted by Crippen LogP contribution is -2.32. The van der Waals surface area contributed by atoms with Gasteiger partial charge in [0.1, 0.15) is 16.7 Å². The van der Waals surface area contributed by atoms with Gasteiger partial charge in [0.2, 0.25) is 11.8 Å². The first kappa shape index (κ1) is 27.9. The van der Waals surface area contributed by atoms with Crippen LogP contribution in [0.2, 0.25) is 0 Å². The molecule has 4 aromatic carbocycles. The van der Waals surface area contributed by atoms with Crippen molar-refractivity contribution in [1.29, 1.82) is 0 Å². The van der Waals surface area contributed by atoms with Crippen LogP contribution < -0.4 is 24.6 Å². The molecule has 1 aromatic heterocycles. The number of aromatic nitrogens is 1. The molecule has 3 heterocycles. The van der Waals surface area contributed by atoms with Crippen molar-refractivity contribution in [2.45, 2.75) is 16.2 Å². The van der Waals surface area contributed by atoms with E-state index in [2.05, 4.69) is 10.3 Å². The molecular weight excluding hydrogens is 599 g/mol. The number of hydrogen-bond donors (Lipinski definition) is 2. The summed E-state index contributed by atoms with van der Waals surface area (Å²) in [6, 6.07) is 27.5. The van der Waals surface area contributed by atoms with Crippen LogP contribution in [0.25, 0.3) is 10.8 Å². The van der Waals surface area contributed by atoms with Crippen LogP contribution in [0, 0.1) is 5.92 Å². The summed E-state index contributed by atoms with van der Waals surface area (Å²) in [6.07, 6.45) is 0. The van der Waals surface area contributed by atoms with E-state index < -0.39 is 17.1 Å². The van der Waals surface area contributed by atoms with Crippen LogP contribution in [0.4, 0.5) is 11.4 Å². The molecule has 11 heteroatoms. The number of methoxy groups -OCH3 is 1. The number of fused-ring (bicyclic) bond motifs is 3. The molecule has 0 unspecified atom stereocenters. The Balaban J connectivity index is 1.14. The third kappa shape index (κ3) is 5.03. The molecule has 2 N–H and O–H groups in total. The van der Waals surface area contributed by atoms with Crippen LogP contribution in [0.1, 0.15) is 16.4 Å². The Bertz CT molecular complexity index is 1990. The van der Waals surface area contributed by atoms with Gasteiger partial charge in [-0.05, 0) is 64.9 Å². The zero-order valence-corrected chi connectivity index (χ0v) is 24.9. The highest BCUT2D eigenvalue weighted by Crippen LogP contribution is 2.53. The molecule has 2 aliphatic heterocycles. The topological polar surface area (TPSA) is 118 Å². The minimum absolute atomic E-state index is 0.228. The number of benzene rings is 4. The highest BCUT2D eigenvalue weighted by atomic mass is 32.2. The van der Waals surface area contributed by atoms with E-state index in [9.17, 15) is 19.2 Å². The van der Waals surface area contributed by atoms with E-state index in [0.717, 1.165) is 22.1 Å². The molecule has 44 heavy (non-hydrogen) atoms.